The largest absolute Gasteiger partial charge is 0.378 e. The van der Waals surface area contributed by atoms with Crippen molar-refractivity contribution in [3.63, 3.8) is 0 Å². The molecule has 0 spiro atoms. The molecule has 1 aliphatic carbocycles. The van der Waals surface area contributed by atoms with Crippen molar-refractivity contribution in [3.05, 3.63) is 0 Å². The van der Waals surface area contributed by atoms with Crippen LogP contribution in [0.2, 0.25) is 0 Å². The standard InChI is InChI=1S/C10H16ClF2NO/c11-8-5-15-6-9(8)14-4-7-2-1-3-10(7,12)13/h7-9,14H,1-6H2. The topological polar surface area (TPSA) is 21.3 Å². The first-order valence-electron chi connectivity index (χ1n) is 5.42. The fourth-order valence-electron chi connectivity index (χ4n) is 2.26. The van der Waals surface area contributed by atoms with Gasteiger partial charge in [-0.3, -0.25) is 0 Å². The fourth-order valence-corrected chi connectivity index (χ4v) is 2.51. The average Bonchev–Trinajstić information content (AvgIpc) is 2.69. The van der Waals surface area contributed by atoms with E-state index in [1.807, 2.05) is 0 Å². The van der Waals surface area contributed by atoms with Crippen LogP contribution in [0, 0.1) is 5.92 Å². The Hall–Kier alpha value is 0.0700. The molecule has 3 unspecified atom stereocenters. The van der Waals surface area contributed by atoms with Crippen LogP contribution >= 0.6 is 11.6 Å². The SMILES string of the molecule is FC1(F)CCCC1CNC1COCC1Cl. The monoisotopic (exact) mass is 239 g/mol. The van der Waals surface area contributed by atoms with E-state index in [1.165, 1.54) is 0 Å². The molecule has 1 aliphatic heterocycles. The lowest BCUT2D eigenvalue weighted by Gasteiger charge is -2.22. The van der Waals surface area contributed by atoms with Crippen LogP contribution in [0.25, 0.3) is 0 Å². The van der Waals surface area contributed by atoms with Crippen LogP contribution in [-0.2, 0) is 4.74 Å². The predicted octanol–water partition coefficient (Wildman–Crippen LogP) is 2.02. The summed E-state index contributed by atoms with van der Waals surface area (Å²) in [7, 11) is 0. The van der Waals surface area contributed by atoms with Gasteiger partial charge >= 0.3 is 0 Å². The fraction of sp³-hybridized carbons (Fsp3) is 1.00. The number of nitrogens with one attached hydrogen (secondary N) is 1. The second-order valence-electron chi connectivity index (χ2n) is 4.42. The van der Waals surface area contributed by atoms with Gasteiger partial charge in [0.1, 0.15) is 0 Å². The van der Waals surface area contributed by atoms with E-state index in [0.717, 1.165) is 0 Å². The number of hydrogen-bond donors (Lipinski definition) is 1. The number of alkyl halides is 3. The van der Waals surface area contributed by atoms with Gasteiger partial charge in [-0.05, 0) is 12.8 Å². The van der Waals surface area contributed by atoms with Crippen LogP contribution in [0.1, 0.15) is 19.3 Å². The first-order valence-corrected chi connectivity index (χ1v) is 5.86. The van der Waals surface area contributed by atoms with Crippen molar-refractivity contribution in [2.45, 2.75) is 36.6 Å². The highest BCUT2D eigenvalue weighted by Crippen LogP contribution is 2.39. The summed E-state index contributed by atoms with van der Waals surface area (Å²) < 4.78 is 31.7. The minimum atomic E-state index is -2.49. The van der Waals surface area contributed by atoms with Crippen molar-refractivity contribution >= 4 is 11.6 Å². The van der Waals surface area contributed by atoms with Crippen LogP contribution in [0.15, 0.2) is 0 Å². The van der Waals surface area contributed by atoms with E-state index < -0.39 is 11.8 Å². The third-order valence-electron chi connectivity index (χ3n) is 3.30. The second kappa shape index (κ2) is 4.52. The zero-order chi connectivity index (χ0) is 10.9. The van der Waals surface area contributed by atoms with Crippen molar-refractivity contribution in [2.75, 3.05) is 19.8 Å². The van der Waals surface area contributed by atoms with E-state index >= 15 is 0 Å². The van der Waals surface area contributed by atoms with Crippen LogP contribution in [0.4, 0.5) is 8.78 Å². The Morgan fingerprint density at radius 3 is 2.73 bits per heavy atom. The molecule has 0 aromatic heterocycles. The molecule has 3 atom stereocenters. The highest BCUT2D eigenvalue weighted by atomic mass is 35.5. The van der Waals surface area contributed by atoms with Gasteiger partial charge in [0.25, 0.3) is 5.92 Å². The van der Waals surface area contributed by atoms with Crippen LogP contribution < -0.4 is 5.32 Å². The highest BCUT2D eigenvalue weighted by molar-refractivity contribution is 6.21. The molecule has 1 saturated heterocycles. The van der Waals surface area contributed by atoms with Crippen LogP contribution in [-0.4, -0.2) is 37.1 Å². The molecular formula is C10H16ClF2NO. The van der Waals surface area contributed by atoms with E-state index in [1.54, 1.807) is 0 Å². The summed E-state index contributed by atoms with van der Waals surface area (Å²) in [5.74, 6) is -3.02. The minimum Gasteiger partial charge on any atom is -0.378 e. The molecule has 1 saturated carbocycles. The predicted molar refractivity (Wildman–Crippen MR) is 54.5 cm³/mol. The van der Waals surface area contributed by atoms with Crippen molar-refractivity contribution in [3.8, 4) is 0 Å². The van der Waals surface area contributed by atoms with Gasteiger partial charge in [-0.15, -0.1) is 11.6 Å². The molecular weight excluding hydrogens is 224 g/mol. The van der Waals surface area contributed by atoms with E-state index in [2.05, 4.69) is 5.32 Å². The van der Waals surface area contributed by atoms with E-state index in [-0.39, 0.29) is 17.8 Å². The normalized spacial score (nSPS) is 39.8. The Balaban J connectivity index is 1.78. The summed E-state index contributed by atoms with van der Waals surface area (Å²) in [5.41, 5.74) is 0. The van der Waals surface area contributed by atoms with E-state index in [0.29, 0.717) is 32.6 Å². The lowest BCUT2D eigenvalue weighted by Crippen LogP contribution is -2.42. The third kappa shape index (κ3) is 2.60. The molecule has 0 aromatic carbocycles. The van der Waals surface area contributed by atoms with Gasteiger partial charge in [-0.25, -0.2) is 8.78 Å². The maximum Gasteiger partial charge on any atom is 0.252 e. The lowest BCUT2D eigenvalue weighted by molar-refractivity contribution is -0.0366. The van der Waals surface area contributed by atoms with Gasteiger partial charge in [-0.2, -0.15) is 0 Å². The Kier molecular flexibility index (Phi) is 3.48. The van der Waals surface area contributed by atoms with Gasteiger partial charge < -0.3 is 10.1 Å². The molecule has 2 aliphatic rings. The molecule has 5 heteroatoms. The number of halogens is 3. The smallest absolute Gasteiger partial charge is 0.252 e. The third-order valence-corrected chi connectivity index (χ3v) is 3.73. The van der Waals surface area contributed by atoms with Gasteiger partial charge in [-0.1, -0.05) is 0 Å². The molecule has 1 N–H and O–H groups in total. The number of ether oxygens (including phenoxy) is 1. The lowest BCUT2D eigenvalue weighted by atomic mass is 10.0. The second-order valence-corrected chi connectivity index (χ2v) is 4.98. The zero-order valence-corrected chi connectivity index (χ0v) is 9.27. The molecule has 2 nitrogen and oxygen atoms in total. The van der Waals surface area contributed by atoms with Crippen LogP contribution in [0.3, 0.4) is 0 Å². The molecule has 2 fully saturated rings. The van der Waals surface area contributed by atoms with Crippen molar-refractivity contribution in [1.82, 2.24) is 5.32 Å². The van der Waals surface area contributed by atoms with E-state index in [9.17, 15) is 8.78 Å². The summed E-state index contributed by atoms with van der Waals surface area (Å²) in [6.45, 7) is 1.40. The van der Waals surface area contributed by atoms with Gasteiger partial charge in [0, 0.05) is 24.9 Å². The zero-order valence-electron chi connectivity index (χ0n) is 8.52. The van der Waals surface area contributed by atoms with Gasteiger partial charge in [0.05, 0.1) is 18.6 Å². The molecule has 0 radical (unpaired) electrons. The first-order chi connectivity index (χ1) is 7.09. The summed E-state index contributed by atoms with van der Waals surface area (Å²) in [6, 6.07) is 0.0306. The van der Waals surface area contributed by atoms with Crippen molar-refractivity contribution in [1.29, 1.82) is 0 Å². The summed E-state index contributed by atoms with van der Waals surface area (Å²) in [4.78, 5) is 0. The van der Waals surface area contributed by atoms with Crippen molar-refractivity contribution < 1.29 is 13.5 Å². The molecule has 0 amide bonds. The molecule has 0 bridgehead atoms. The molecule has 0 aromatic rings. The van der Waals surface area contributed by atoms with Gasteiger partial charge in [0.2, 0.25) is 0 Å². The van der Waals surface area contributed by atoms with E-state index in [4.69, 9.17) is 16.3 Å². The quantitative estimate of drug-likeness (QED) is 0.761. The summed E-state index contributed by atoms with van der Waals surface area (Å²) >= 11 is 5.96. The molecule has 15 heavy (non-hydrogen) atoms. The Morgan fingerprint density at radius 1 is 1.40 bits per heavy atom. The molecule has 2 rings (SSSR count). The summed E-state index contributed by atoms with van der Waals surface area (Å²) in [6.07, 6.45) is 1.27. The van der Waals surface area contributed by atoms with Crippen molar-refractivity contribution in [2.24, 2.45) is 5.92 Å². The first kappa shape index (κ1) is 11.6. The molecule has 88 valence electrons. The maximum absolute atomic E-state index is 13.3. The van der Waals surface area contributed by atoms with Crippen LogP contribution in [0.5, 0.6) is 0 Å². The Labute approximate surface area is 93.3 Å². The molecule has 1 heterocycles. The van der Waals surface area contributed by atoms with Gasteiger partial charge in [0.15, 0.2) is 0 Å². The Morgan fingerprint density at radius 2 is 2.20 bits per heavy atom. The highest BCUT2D eigenvalue weighted by Gasteiger charge is 2.43. The number of rotatable bonds is 3. The summed E-state index contributed by atoms with van der Waals surface area (Å²) in [5, 5.41) is 3.01. The maximum atomic E-state index is 13.3. The number of hydrogen-bond acceptors (Lipinski definition) is 2. The minimum absolute atomic E-state index is 0.0306. The average molecular weight is 240 g/mol. The Bertz CT molecular complexity index is 227.